The number of carbonyl (C=O) groups is 1. The highest BCUT2D eigenvalue weighted by molar-refractivity contribution is 5.66. The van der Waals surface area contributed by atoms with Crippen molar-refractivity contribution >= 4 is 5.97 Å². The van der Waals surface area contributed by atoms with Crippen LogP contribution in [0.5, 0.6) is 0 Å². The Morgan fingerprint density at radius 1 is 0.783 bits per heavy atom. The summed E-state index contributed by atoms with van der Waals surface area (Å²) in [6.07, 6.45) is 14.7. The van der Waals surface area contributed by atoms with Gasteiger partial charge in [0.15, 0.2) is 0 Å². The molecule has 0 aliphatic carbocycles. The largest absolute Gasteiger partial charge is 0.481 e. The summed E-state index contributed by atoms with van der Waals surface area (Å²) in [5.74, 6) is -0.698. The molecule has 0 aromatic heterocycles. The Kier molecular flexibility index (Phi) is 14.6. The van der Waals surface area contributed by atoms with E-state index in [0.29, 0.717) is 12.8 Å². The van der Waals surface area contributed by atoms with Crippen molar-refractivity contribution in [2.75, 3.05) is 6.61 Å². The van der Waals surface area contributed by atoms with Crippen molar-refractivity contribution < 1.29 is 20.1 Å². The van der Waals surface area contributed by atoms with E-state index in [1.165, 1.54) is 25.7 Å². The van der Waals surface area contributed by atoms with Gasteiger partial charge in [-0.15, -0.1) is 0 Å². The zero-order valence-electron chi connectivity index (χ0n) is 15.1. The molecule has 0 heterocycles. The number of hydrogen-bond acceptors (Lipinski definition) is 3. The van der Waals surface area contributed by atoms with Crippen LogP contribution in [-0.4, -0.2) is 33.5 Å². The van der Waals surface area contributed by atoms with E-state index < -0.39 is 11.6 Å². The van der Waals surface area contributed by atoms with Gasteiger partial charge in [0.05, 0.1) is 12.2 Å². The minimum atomic E-state index is -0.870. The molecule has 0 aromatic rings. The molecule has 1 unspecified atom stereocenters. The first kappa shape index (κ1) is 22.4. The van der Waals surface area contributed by atoms with E-state index in [-0.39, 0.29) is 13.0 Å². The third kappa shape index (κ3) is 14.7. The molecule has 0 amide bonds. The number of carboxylic acids is 1. The summed E-state index contributed by atoms with van der Waals surface area (Å²) in [5, 5.41) is 28.3. The standard InChI is InChI=1S/C19H38O4/c1-2-3-4-12-15-19(23,17-20)16-13-10-8-6-5-7-9-11-14-18(21)22/h20,23H,2-17H2,1H3,(H,21,22). The molecule has 138 valence electrons. The second kappa shape index (κ2) is 14.9. The Morgan fingerprint density at radius 2 is 1.22 bits per heavy atom. The molecule has 3 N–H and O–H groups in total. The third-order valence-corrected chi connectivity index (χ3v) is 4.57. The van der Waals surface area contributed by atoms with Gasteiger partial charge in [-0.05, 0) is 19.3 Å². The maximum absolute atomic E-state index is 10.4. The molecule has 0 saturated heterocycles. The zero-order valence-corrected chi connectivity index (χ0v) is 15.1. The number of unbranched alkanes of at least 4 members (excludes halogenated alkanes) is 10. The Labute approximate surface area is 142 Å². The van der Waals surface area contributed by atoms with E-state index >= 15 is 0 Å². The van der Waals surface area contributed by atoms with Gasteiger partial charge in [0.25, 0.3) is 0 Å². The van der Waals surface area contributed by atoms with Crippen LogP contribution in [0.3, 0.4) is 0 Å². The van der Waals surface area contributed by atoms with Gasteiger partial charge in [-0.3, -0.25) is 4.79 Å². The topological polar surface area (TPSA) is 77.8 Å². The Balaban J connectivity index is 3.47. The molecule has 0 aliphatic rings. The van der Waals surface area contributed by atoms with E-state index in [0.717, 1.165) is 51.4 Å². The molecular formula is C19H38O4. The first-order valence-electron chi connectivity index (χ1n) is 9.59. The predicted octanol–water partition coefficient (Wildman–Crippen LogP) is 4.67. The minimum absolute atomic E-state index is 0.122. The molecular weight excluding hydrogens is 292 g/mol. The summed E-state index contributed by atoms with van der Waals surface area (Å²) in [6, 6.07) is 0. The van der Waals surface area contributed by atoms with Crippen molar-refractivity contribution in [2.45, 2.75) is 109 Å². The predicted molar refractivity (Wildman–Crippen MR) is 94.6 cm³/mol. The van der Waals surface area contributed by atoms with E-state index in [2.05, 4.69) is 6.92 Å². The Hall–Kier alpha value is -0.610. The third-order valence-electron chi connectivity index (χ3n) is 4.57. The summed E-state index contributed by atoms with van der Waals surface area (Å²) in [4.78, 5) is 10.4. The van der Waals surface area contributed by atoms with E-state index in [9.17, 15) is 15.0 Å². The van der Waals surface area contributed by atoms with Gasteiger partial charge in [-0.25, -0.2) is 0 Å². The molecule has 0 rings (SSSR count). The molecule has 23 heavy (non-hydrogen) atoms. The van der Waals surface area contributed by atoms with Crippen LogP contribution in [0.15, 0.2) is 0 Å². The van der Waals surface area contributed by atoms with Gasteiger partial charge in [0.2, 0.25) is 0 Å². The lowest BCUT2D eigenvalue weighted by molar-refractivity contribution is -0.137. The van der Waals surface area contributed by atoms with Gasteiger partial charge in [0, 0.05) is 6.42 Å². The van der Waals surface area contributed by atoms with E-state index in [4.69, 9.17) is 5.11 Å². The van der Waals surface area contributed by atoms with Crippen molar-refractivity contribution in [2.24, 2.45) is 0 Å². The van der Waals surface area contributed by atoms with E-state index in [1.54, 1.807) is 0 Å². The normalized spacial score (nSPS) is 13.9. The van der Waals surface area contributed by atoms with Crippen LogP contribution in [0, 0.1) is 0 Å². The zero-order chi connectivity index (χ0) is 17.4. The maximum Gasteiger partial charge on any atom is 0.303 e. The number of rotatable bonds is 17. The molecule has 0 bridgehead atoms. The Bertz CT molecular complexity index is 281. The van der Waals surface area contributed by atoms with E-state index in [1.807, 2.05) is 0 Å². The van der Waals surface area contributed by atoms with Crippen LogP contribution >= 0.6 is 0 Å². The van der Waals surface area contributed by atoms with Crippen molar-refractivity contribution in [3.05, 3.63) is 0 Å². The smallest absolute Gasteiger partial charge is 0.303 e. The molecule has 0 aromatic carbocycles. The summed E-state index contributed by atoms with van der Waals surface area (Å²) in [6.45, 7) is 2.05. The van der Waals surface area contributed by atoms with Crippen LogP contribution in [0.1, 0.15) is 103 Å². The first-order valence-corrected chi connectivity index (χ1v) is 9.59. The van der Waals surface area contributed by atoms with Gasteiger partial charge in [0.1, 0.15) is 0 Å². The van der Waals surface area contributed by atoms with Gasteiger partial charge >= 0.3 is 5.97 Å². The summed E-state index contributed by atoms with van der Waals surface area (Å²) in [5.41, 5.74) is -0.870. The molecule has 0 saturated carbocycles. The summed E-state index contributed by atoms with van der Waals surface area (Å²) >= 11 is 0. The van der Waals surface area contributed by atoms with Gasteiger partial charge in [-0.1, -0.05) is 77.6 Å². The van der Waals surface area contributed by atoms with Crippen LogP contribution in [0.4, 0.5) is 0 Å². The monoisotopic (exact) mass is 330 g/mol. The Morgan fingerprint density at radius 3 is 1.65 bits per heavy atom. The second-order valence-electron chi connectivity index (χ2n) is 6.92. The van der Waals surface area contributed by atoms with Crippen LogP contribution in [0.25, 0.3) is 0 Å². The number of aliphatic carboxylic acids is 1. The van der Waals surface area contributed by atoms with Crippen molar-refractivity contribution in [1.29, 1.82) is 0 Å². The van der Waals surface area contributed by atoms with Crippen molar-refractivity contribution in [3.63, 3.8) is 0 Å². The lowest BCUT2D eigenvalue weighted by atomic mass is 9.90. The molecule has 0 spiro atoms. The van der Waals surface area contributed by atoms with Crippen molar-refractivity contribution in [3.8, 4) is 0 Å². The maximum atomic E-state index is 10.4. The van der Waals surface area contributed by atoms with Crippen LogP contribution in [0.2, 0.25) is 0 Å². The van der Waals surface area contributed by atoms with Crippen LogP contribution in [-0.2, 0) is 4.79 Å². The summed E-state index contributed by atoms with van der Waals surface area (Å²) < 4.78 is 0. The lowest BCUT2D eigenvalue weighted by Crippen LogP contribution is -2.33. The molecule has 0 aliphatic heterocycles. The first-order chi connectivity index (χ1) is 11.0. The fourth-order valence-corrected chi connectivity index (χ4v) is 2.95. The highest BCUT2D eigenvalue weighted by Crippen LogP contribution is 2.22. The number of aliphatic hydroxyl groups excluding tert-OH is 1. The molecule has 4 nitrogen and oxygen atoms in total. The molecule has 1 atom stereocenters. The number of aliphatic hydroxyl groups is 2. The number of carboxylic acid groups (broad SMARTS) is 1. The molecule has 0 radical (unpaired) electrons. The van der Waals surface area contributed by atoms with Crippen molar-refractivity contribution in [1.82, 2.24) is 0 Å². The van der Waals surface area contributed by atoms with Gasteiger partial charge < -0.3 is 15.3 Å². The number of hydrogen-bond donors (Lipinski definition) is 3. The highest BCUT2D eigenvalue weighted by atomic mass is 16.4. The average Bonchev–Trinajstić information content (AvgIpc) is 2.53. The minimum Gasteiger partial charge on any atom is -0.481 e. The fraction of sp³-hybridized carbons (Fsp3) is 0.947. The SMILES string of the molecule is CCCCCCC(O)(CO)CCCCCCCCCCC(=O)O. The molecule has 0 fully saturated rings. The quantitative estimate of drug-likeness (QED) is 0.339. The lowest BCUT2D eigenvalue weighted by Gasteiger charge is -2.26. The van der Waals surface area contributed by atoms with Crippen LogP contribution < -0.4 is 0 Å². The second-order valence-corrected chi connectivity index (χ2v) is 6.92. The highest BCUT2D eigenvalue weighted by Gasteiger charge is 2.24. The summed E-state index contributed by atoms with van der Waals surface area (Å²) in [7, 11) is 0. The van der Waals surface area contributed by atoms with Gasteiger partial charge in [-0.2, -0.15) is 0 Å². The average molecular weight is 331 g/mol. The fourth-order valence-electron chi connectivity index (χ4n) is 2.95. The molecule has 4 heteroatoms.